The van der Waals surface area contributed by atoms with Crippen LogP contribution in [-0.2, 0) is 0 Å². The number of fused-ring (bicyclic) bond motifs is 3. The highest BCUT2D eigenvalue weighted by molar-refractivity contribution is 6.08. The molecular formula is C16H15N. The van der Waals surface area contributed by atoms with Crippen molar-refractivity contribution >= 4 is 27.9 Å². The molecule has 0 atom stereocenters. The molecule has 1 heterocycles. The van der Waals surface area contributed by atoms with Gasteiger partial charge in [-0.15, -0.1) is 0 Å². The van der Waals surface area contributed by atoms with E-state index in [4.69, 9.17) is 0 Å². The van der Waals surface area contributed by atoms with Crippen molar-refractivity contribution in [3.63, 3.8) is 0 Å². The molecule has 1 aromatic heterocycles. The Kier molecular flexibility index (Phi) is 2.08. The third kappa shape index (κ3) is 1.47. The predicted octanol–water partition coefficient (Wildman–Crippen LogP) is 4.58. The maximum atomic E-state index is 3.87. The lowest BCUT2D eigenvalue weighted by Gasteiger charge is -2.00. The molecular weight excluding hydrogens is 206 g/mol. The van der Waals surface area contributed by atoms with Gasteiger partial charge in [-0.1, -0.05) is 24.8 Å². The fourth-order valence-corrected chi connectivity index (χ4v) is 2.41. The molecule has 1 N–H and O–H groups in total. The van der Waals surface area contributed by atoms with Crippen LogP contribution in [0.25, 0.3) is 27.9 Å². The molecule has 0 unspecified atom stereocenters. The molecule has 0 fully saturated rings. The first-order valence-electron chi connectivity index (χ1n) is 5.84. The van der Waals surface area contributed by atoms with Gasteiger partial charge < -0.3 is 4.98 Å². The molecule has 17 heavy (non-hydrogen) atoms. The van der Waals surface area contributed by atoms with E-state index >= 15 is 0 Å². The van der Waals surface area contributed by atoms with Gasteiger partial charge in [0.2, 0.25) is 0 Å². The number of benzene rings is 2. The quantitative estimate of drug-likeness (QED) is 0.619. The van der Waals surface area contributed by atoms with Gasteiger partial charge in [-0.3, -0.25) is 0 Å². The lowest BCUT2D eigenvalue weighted by Crippen LogP contribution is -1.79. The molecule has 0 spiro atoms. The van der Waals surface area contributed by atoms with E-state index in [-0.39, 0.29) is 0 Å². The van der Waals surface area contributed by atoms with Crippen LogP contribution in [-0.4, -0.2) is 4.98 Å². The van der Waals surface area contributed by atoms with Gasteiger partial charge in [0.25, 0.3) is 0 Å². The summed E-state index contributed by atoms with van der Waals surface area (Å²) in [5, 5.41) is 2.56. The summed E-state index contributed by atoms with van der Waals surface area (Å²) in [6.45, 7) is 8.10. The van der Waals surface area contributed by atoms with Crippen LogP contribution in [0.2, 0.25) is 0 Å². The smallest absolute Gasteiger partial charge is 0.0467 e. The van der Waals surface area contributed by atoms with E-state index in [0.29, 0.717) is 0 Å². The minimum atomic E-state index is 1.20. The first kappa shape index (κ1) is 10.2. The zero-order valence-corrected chi connectivity index (χ0v) is 10.2. The van der Waals surface area contributed by atoms with Gasteiger partial charge in [0.15, 0.2) is 0 Å². The van der Waals surface area contributed by atoms with Crippen LogP contribution in [0.1, 0.15) is 16.7 Å². The van der Waals surface area contributed by atoms with Crippen molar-refractivity contribution in [2.45, 2.75) is 13.8 Å². The van der Waals surface area contributed by atoms with Crippen LogP contribution in [0, 0.1) is 13.8 Å². The van der Waals surface area contributed by atoms with Crippen LogP contribution < -0.4 is 0 Å². The monoisotopic (exact) mass is 221 g/mol. The second-order valence-electron chi connectivity index (χ2n) is 4.63. The average molecular weight is 221 g/mol. The molecule has 0 amide bonds. The molecule has 0 aliphatic heterocycles. The lowest BCUT2D eigenvalue weighted by atomic mass is 10.0. The Bertz CT molecular complexity index is 732. The van der Waals surface area contributed by atoms with Gasteiger partial charge in [-0.25, -0.2) is 0 Å². The number of H-pyrrole nitrogens is 1. The van der Waals surface area contributed by atoms with Crippen molar-refractivity contribution in [2.24, 2.45) is 0 Å². The molecule has 1 nitrogen and oxygen atoms in total. The summed E-state index contributed by atoms with van der Waals surface area (Å²) in [4.78, 5) is 3.48. The highest BCUT2D eigenvalue weighted by Crippen LogP contribution is 2.28. The fraction of sp³-hybridized carbons (Fsp3) is 0.125. The fourth-order valence-electron chi connectivity index (χ4n) is 2.41. The van der Waals surface area contributed by atoms with Gasteiger partial charge in [0, 0.05) is 21.8 Å². The second-order valence-corrected chi connectivity index (χ2v) is 4.63. The highest BCUT2D eigenvalue weighted by atomic mass is 14.7. The van der Waals surface area contributed by atoms with E-state index in [1.807, 2.05) is 6.08 Å². The number of aryl methyl sites for hydroxylation is 2. The van der Waals surface area contributed by atoms with Gasteiger partial charge >= 0.3 is 0 Å². The number of nitrogens with one attached hydrogen (secondary N) is 1. The second kappa shape index (κ2) is 3.49. The van der Waals surface area contributed by atoms with Crippen LogP contribution in [0.3, 0.4) is 0 Å². The number of hydrogen-bond acceptors (Lipinski definition) is 0. The average Bonchev–Trinajstić information content (AvgIpc) is 2.63. The maximum absolute atomic E-state index is 3.87. The normalized spacial score (nSPS) is 11.2. The van der Waals surface area contributed by atoms with Crippen LogP contribution in [0.5, 0.6) is 0 Å². The van der Waals surface area contributed by atoms with E-state index < -0.39 is 0 Å². The molecule has 0 aliphatic rings. The Morgan fingerprint density at radius 2 is 1.76 bits per heavy atom. The van der Waals surface area contributed by atoms with Crippen LogP contribution >= 0.6 is 0 Å². The van der Waals surface area contributed by atoms with Crippen molar-refractivity contribution in [1.82, 2.24) is 4.98 Å². The maximum Gasteiger partial charge on any atom is 0.0467 e. The Morgan fingerprint density at radius 1 is 1.00 bits per heavy atom. The van der Waals surface area contributed by atoms with Crippen molar-refractivity contribution < 1.29 is 0 Å². The van der Waals surface area contributed by atoms with Crippen molar-refractivity contribution in [3.8, 4) is 0 Å². The first-order chi connectivity index (χ1) is 8.19. The number of aromatic amines is 1. The summed E-state index contributed by atoms with van der Waals surface area (Å²) in [6.07, 6.45) is 1.92. The summed E-state index contributed by atoms with van der Waals surface area (Å²) in [5.41, 5.74) is 6.16. The van der Waals surface area contributed by atoms with Crippen LogP contribution in [0.15, 0.2) is 36.9 Å². The summed E-state index contributed by atoms with van der Waals surface area (Å²) >= 11 is 0. The first-order valence-corrected chi connectivity index (χ1v) is 5.84. The van der Waals surface area contributed by atoms with E-state index in [9.17, 15) is 0 Å². The zero-order valence-electron chi connectivity index (χ0n) is 10.2. The van der Waals surface area contributed by atoms with Gasteiger partial charge in [0.05, 0.1) is 0 Å². The zero-order chi connectivity index (χ0) is 12.0. The summed E-state index contributed by atoms with van der Waals surface area (Å²) < 4.78 is 0. The Labute approximate surface area is 101 Å². The molecule has 0 radical (unpaired) electrons. The molecule has 2 aromatic carbocycles. The van der Waals surface area contributed by atoms with E-state index in [0.717, 1.165) is 0 Å². The number of aromatic nitrogens is 1. The van der Waals surface area contributed by atoms with E-state index in [1.165, 1.54) is 38.5 Å². The molecule has 0 bridgehead atoms. The van der Waals surface area contributed by atoms with Crippen molar-refractivity contribution in [1.29, 1.82) is 0 Å². The summed E-state index contributed by atoms with van der Waals surface area (Å²) in [5.74, 6) is 0. The molecule has 3 rings (SSSR count). The minimum Gasteiger partial charge on any atom is -0.354 e. The number of rotatable bonds is 1. The molecule has 1 heteroatoms. The van der Waals surface area contributed by atoms with Gasteiger partial charge in [-0.05, 0) is 48.7 Å². The Balaban J connectivity index is 2.48. The van der Waals surface area contributed by atoms with E-state index in [2.05, 4.69) is 55.7 Å². The van der Waals surface area contributed by atoms with Crippen molar-refractivity contribution in [2.75, 3.05) is 0 Å². The SMILES string of the molecule is C=Cc1cc2c(cc1C)[nH]c1cc(C)ccc12. The largest absolute Gasteiger partial charge is 0.354 e. The van der Waals surface area contributed by atoms with Crippen LogP contribution in [0.4, 0.5) is 0 Å². The lowest BCUT2D eigenvalue weighted by molar-refractivity contribution is 1.44. The summed E-state index contributed by atoms with van der Waals surface area (Å²) in [6, 6.07) is 10.9. The molecule has 0 saturated carbocycles. The van der Waals surface area contributed by atoms with E-state index in [1.54, 1.807) is 0 Å². The molecule has 3 aromatic rings. The molecule has 0 aliphatic carbocycles. The summed E-state index contributed by atoms with van der Waals surface area (Å²) in [7, 11) is 0. The standard InChI is InChI=1S/C16H15N/c1-4-12-9-14-13-6-5-10(2)7-15(13)17-16(14)8-11(12)3/h4-9,17H,1H2,2-3H3. The van der Waals surface area contributed by atoms with Gasteiger partial charge in [-0.2, -0.15) is 0 Å². The van der Waals surface area contributed by atoms with Crippen molar-refractivity contribution in [3.05, 3.63) is 53.6 Å². The Morgan fingerprint density at radius 3 is 2.53 bits per heavy atom. The third-order valence-electron chi connectivity index (χ3n) is 3.36. The highest BCUT2D eigenvalue weighted by Gasteiger charge is 2.06. The predicted molar refractivity (Wildman–Crippen MR) is 75.4 cm³/mol. The number of hydrogen-bond donors (Lipinski definition) is 1. The topological polar surface area (TPSA) is 15.8 Å². The minimum absolute atomic E-state index is 1.20. The van der Waals surface area contributed by atoms with Gasteiger partial charge in [0.1, 0.15) is 0 Å². The third-order valence-corrected chi connectivity index (χ3v) is 3.36. The Hall–Kier alpha value is -2.02. The molecule has 84 valence electrons. The molecule has 0 saturated heterocycles.